The Morgan fingerprint density at radius 3 is 2.84 bits per heavy atom. The molecule has 0 heterocycles. The molecule has 106 valence electrons. The summed E-state index contributed by atoms with van der Waals surface area (Å²) in [6.07, 6.45) is 4.61. The van der Waals surface area contributed by atoms with Gasteiger partial charge in [0.05, 0.1) is 0 Å². The second-order valence-corrected chi connectivity index (χ2v) is 6.10. The van der Waals surface area contributed by atoms with Gasteiger partial charge in [-0.25, -0.2) is 4.39 Å². The molecule has 1 aliphatic carbocycles. The van der Waals surface area contributed by atoms with Crippen LogP contribution in [0.4, 0.5) is 4.39 Å². The highest BCUT2D eigenvalue weighted by molar-refractivity contribution is 6.31. The Kier molecular flexibility index (Phi) is 5.23. The number of hydrogen-bond acceptors (Lipinski definition) is 1. The highest BCUT2D eigenvalue weighted by Gasteiger charge is 2.32. The molecule has 0 saturated heterocycles. The Balaban J connectivity index is 1.96. The number of benzene rings is 1. The van der Waals surface area contributed by atoms with E-state index >= 15 is 0 Å². The molecule has 1 aliphatic rings. The van der Waals surface area contributed by atoms with E-state index in [-0.39, 0.29) is 5.82 Å². The van der Waals surface area contributed by atoms with E-state index in [0.717, 1.165) is 18.5 Å². The van der Waals surface area contributed by atoms with Gasteiger partial charge in [-0.3, -0.25) is 0 Å². The lowest BCUT2D eigenvalue weighted by Crippen LogP contribution is -2.33. The topological polar surface area (TPSA) is 12.0 Å². The van der Waals surface area contributed by atoms with Crippen LogP contribution in [-0.4, -0.2) is 12.6 Å². The molecule has 1 aromatic carbocycles. The van der Waals surface area contributed by atoms with Crippen molar-refractivity contribution >= 4 is 11.6 Å². The smallest absolute Gasteiger partial charge is 0.124 e. The van der Waals surface area contributed by atoms with Crippen LogP contribution in [0, 0.1) is 17.7 Å². The lowest BCUT2D eigenvalue weighted by atomic mass is 9.89. The Bertz CT molecular complexity index is 421. The molecule has 1 nitrogen and oxygen atoms in total. The number of rotatable bonds is 5. The molecule has 3 heteroatoms. The second-order valence-electron chi connectivity index (χ2n) is 5.70. The van der Waals surface area contributed by atoms with Crippen molar-refractivity contribution in [2.24, 2.45) is 11.8 Å². The summed E-state index contributed by atoms with van der Waals surface area (Å²) in [6, 6.07) is 5.39. The van der Waals surface area contributed by atoms with Gasteiger partial charge < -0.3 is 5.32 Å². The largest absolute Gasteiger partial charge is 0.314 e. The van der Waals surface area contributed by atoms with Crippen LogP contribution >= 0.6 is 11.6 Å². The van der Waals surface area contributed by atoms with Gasteiger partial charge in [-0.1, -0.05) is 31.5 Å². The number of nitrogens with one attached hydrogen (secondary N) is 1. The summed E-state index contributed by atoms with van der Waals surface area (Å²) in [4.78, 5) is 0. The van der Waals surface area contributed by atoms with Crippen molar-refractivity contribution in [3.05, 3.63) is 34.6 Å². The lowest BCUT2D eigenvalue weighted by Gasteiger charge is -2.22. The molecule has 0 spiro atoms. The van der Waals surface area contributed by atoms with Crippen molar-refractivity contribution in [1.29, 1.82) is 0 Å². The van der Waals surface area contributed by atoms with Crippen LogP contribution in [0.15, 0.2) is 18.2 Å². The Morgan fingerprint density at radius 2 is 2.16 bits per heavy atom. The van der Waals surface area contributed by atoms with Crippen LogP contribution in [0.1, 0.15) is 38.7 Å². The monoisotopic (exact) mass is 283 g/mol. The first kappa shape index (κ1) is 14.8. The van der Waals surface area contributed by atoms with Crippen molar-refractivity contribution < 1.29 is 4.39 Å². The molecule has 1 saturated carbocycles. The Morgan fingerprint density at radius 1 is 1.37 bits per heavy atom. The van der Waals surface area contributed by atoms with Crippen LogP contribution < -0.4 is 5.32 Å². The lowest BCUT2D eigenvalue weighted by molar-refractivity contribution is 0.351. The van der Waals surface area contributed by atoms with Crippen LogP contribution in [0.3, 0.4) is 0 Å². The summed E-state index contributed by atoms with van der Waals surface area (Å²) < 4.78 is 13.0. The zero-order valence-electron chi connectivity index (χ0n) is 11.8. The minimum atomic E-state index is -0.254. The minimum Gasteiger partial charge on any atom is -0.314 e. The van der Waals surface area contributed by atoms with Crippen molar-refractivity contribution in [1.82, 2.24) is 5.32 Å². The van der Waals surface area contributed by atoms with E-state index in [9.17, 15) is 4.39 Å². The average molecular weight is 284 g/mol. The Hall–Kier alpha value is -0.600. The van der Waals surface area contributed by atoms with Crippen molar-refractivity contribution in [3.63, 3.8) is 0 Å². The predicted octanol–water partition coefficient (Wildman–Crippen LogP) is 4.44. The Labute approximate surface area is 120 Å². The summed E-state index contributed by atoms with van der Waals surface area (Å²) in [5.41, 5.74) is 1.08. The third-order valence-corrected chi connectivity index (χ3v) is 4.73. The molecule has 1 fully saturated rings. The van der Waals surface area contributed by atoms with Gasteiger partial charge in [0.1, 0.15) is 5.82 Å². The quantitative estimate of drug-likeness (QED) is 0.843. The first-order chi connectivity index (χ1) is 9.11. The number of hydrogen-bond donors (Lipinski definition) is 1. The molecule has 3 unspecified atom stereocenters. The maximum absolute atomic E-state index is 13.0. The van der Waals surface area contributed by atoms with Gasteiger partial charge in [-0.15, -0.1) is 0 Å². The molecule has 1 aromatic rings. The molecule has 0 aromatic heterocycles. The molecule has 0 amide bonds. The van der Waals surface area contributed by atoms with E-state index in [0.29, 0.717) is 22.9 Å². The maximum atomic E-state index is 13.0. The highest BCUT2D eigenvalue weighted by Crippen LogP contribution is 2.35. The van der Waals surface area contributed by atoms with E-state index in [1.807, 2.05) is 6.07 Å². The van der Waals surface area contributed by atoms with E-state index in [4.69, 9.17) is 11.6 Å². The molecule has 3 atom stereocenters. The summed E-state index contributed by atoms with van der Waals surface area (Å²) in [7, 11) is 0. The summed E-state index contributed by atoms with van der Waals surface area (Å²) in [5.74, 6) is 1.06. The third kappa shape index (κ3) is 3.70. The van der Waals surface area contributed by atoms with Gasteiger partial charge in [-0.05, 0) is 61.8 Å². The molecule has 2 rings (SSSR count). The fourth-order valence-corrected chi connectivity index (χ4v) is 3.37. The van der Waals surface area contributed by atoms with Gasteiger partial charge in [-0.2, -0.15) is 0 Å². The van der Waals surface area contributed by atoms with E-state index < -0.39 is 0 Å². The van der Waals surface area contributed by atoms with Gasteiger partial charge >= 0.3 is 0 Å². The third-order valence-electron chi connectivity index (χ3n) is 4.38. The normalized spacial score (nSPS) is 26.8. The number of halogens is 2. The average Bonchev–Trinajstić information content (AvgIpc) is 2.72. The van der Waals surface area contributed by atoms with Crippen LogP contribution in [-0.2, 0) is 6.42 Å². The second kappa shape index (κ2) is 6.71. The predicted molar refractivity (Wildman–Crippen MR) is 79.1 cm³/mol. The maximum Gasteiger partial charge on any atom is 0.124 e. The van der Waals surface area contributed by atoms with Crippen molar-refractivity contribution in [2.75, 3.05) is 6.54 Å². The van der Waals surface area contributed by atoms with Crippen LogP contribution in [0.2, 0.25) is 5.02 Å². The van der Waals surface area contributed by atoms with E-state index in [1.54, 1.807) is 0 Å². The molecule has 0 radical (unpaired) electrons. The zero-order chi connectivity index (χ0) is 13.8. The SMILES string of the molecule is CCCNC1CCC(Cc2ccc(F)cc2Cl)C1C. The zero-order valence-corrected chi connectivity index (χ0v) is 12.5. The van der Waals surface area contributed by atoms with Gasteiger partial charge in [0.15, 0.2) is 0 Å². The molecular weight excluding hydrogens is 261 g/mol. The molecule has 19 heavy (non-hydrogen) atoms. The summed E-state index contributed by atoms with van der Waals surface area (Å²) in [6.45, 7) is 5.61. The fraction of sp³-hybridized carbons (Fsp3) is 0.625. The first-order valence-electron chi connectivity index (χ1n) is 7.29. The van der Waals surface area contributed by atoms with E-state index in [1.165, 1.54) is 31.4 Å². The summed E-state index contributed by atoms with van der Waals surface area (Å²) in [5, 5.41) is 4.19. The van der Waals surface area contributed by atoms with E-state index in [2.05, 4.69) is 19.2 Å². The standard InChI is InChI=1S/C16H23ClFN/c1-3-8-19-16-7-5-12(11(16)2)9-13-4-6-14(18)10-15(13)17/h4,6,10-12,16,19H,3,5,7-9H2,1-2H3. The molecule has 0 bridgehead atoms. The fourth-order valence-electron chi connectivity index (χ4n) is 3.12. The van der Waals surface area contributed by atoms with Gasteiger partial charge in [0, 0.05) is 11.1 Å². The first-order valence-corrected chi connectivity index (χ1v) is 7.67. The molecular formula is C16H23ClFN. The highest BCUT2D eigenvalue weighted by atomic mass is 35.5. The van der Waals surface area contributed by atoms with Crippen molar-refractivity contribution in [2.45, 2.75) is 45.6 Å². The van der Waals surface area contributed by atoms with Crippen LogP contribution in [0.5, 0.6) is 0 Å². The molecule has 1 N–H and O–H groups in total. The van der Waals surface area contributed by atoms with Crippen LogP contribution in [0.25, 0.3) is 0 Å². The van der Waals surface area contributed by atoms with Crippen molar-refractivity contribution in [3.8, 4) is 0 Å². The van der Waals surface area contributed by atoms with Gasteiger partial charge in [0.2, 0.25) is 0 Å². The summed E-state index contributed by atoms with van der Waals surface area (Å²) >= 11 is 6.12. The van der Waals surface area contributed by atoms with Gasteiger partial charge in [0.25, 0.3) is 0 Å². The molecule has 0 aliphatic heterocycles. The minimum absolute atomic E-state index is 0.254.